The number of carbonyl (C=O) groups excluding carboxylic acids is 1. The molecule has 1 aromatic heterocycles. The molecule has 0 spiro atoms. The molecule has 24 heavy (non-hydrogen) atoms. The normalized spacial score (nSPS) is 20.6. The molecule has 1 saturated heterocycles. The molecule has 1 aromatic rings. The van der Waals surface area contributed by atoms with Gasteiger partial charge in [-0.1, -0.05) is 12.0 Å². The molecule has 1 unspecified atom stereocenters. The van der Waals surface area contributed by atoms with E-state index >= 15 is 0 Å². The van der Waals surface area contributed by atoms with E-state index < -0.39 is 0 Å². The molecule has 5 nitrogen and oxygen atoms in total. The van der Waals surface area contributed by atoms with E-state index in [0.717, 1.165) is 51.3 Å². The Bertz CT molecular complexity index is 565. The molecule has 1 amide bonds. The van der Waals surface area contributed by atoms with Gasteiger partial charge in [0.25, 0.3) is 0 Å². The zero-order chi connectivity index (χ0) is 16.8. The molecule has 1 saturated carbocycles. The molecular weight excluding hydrogens is 302 g/mol. The summed E-state index contributed by atoms with van der Waals surface area (Å²) in [4.78, 5) is 17.2. The summed E-state index contributed by atoms with van der Waals surface area (Å²) in [5.41, 5.74) is 1.29. The third-order valence-electron chi connectivity index (χ3n) is 5.23. The van der Waals surface area contributed by atoms with Crippen molar-refractivity contribution in [2.45, 2.75) is 64.5 Å². The lowest BCUT2D eigenvalue weighted by Crippen LogP contribution is -2.37. The second-order valence-corrected chi connectivity index (χ2v) is 6.87. The van der Waals surface area contributed by atoms with E-state index in [1.165, 1.54) is 24.8 Å². The second kappa shape index (κ2) is 8.47. The van der Waals surface area contributed by atoms with Gasteiger partial charge in [0.1, 0.15) is 5.82 Å². The van der Waals surface area contributed by atoms with E-state index in [4.69, 9.17) is 4.74 Å². The molecule has 132 valence electrons. The minimum atomic E-state index is -0.0307. The number of allylic oxidation sites excluding steroid dienone is 1. The fourth-order valence-corrected chi connectivity index (χ4v) is 3.84. The first-order valence-electron chi connectivity index (χ1n) is 9.36. The van der Waals surface area contributed by atoms with Crippen LogP contribution in [-0.2, 0) is 16.1 Å². The Balaban J connectivity index is 1.75. The maximum atomic E-state index is 12.6. The number of carbonyl (C=O) groups is 1. The first kappa shape index (κ1) is 17.2. The largest absolute Gasteiger partial charge is 0.381 e. The van der Waals surface area contributed by atoms with Crippen molar-refractivity contribution in [1.82, 2.24) is 14.9 Å². The van der Waals surface area contributed by atoms with Crippen LogP contribution in [0.3, 0.4) is 0 Å². The summed E-state index contributed by atoms with van der Waals surface area (Å²) in [7, 11) is 0. The molecule has 1 atom stereocenters. The van der Waals surface area contributed by atoms with E-state index in [-0.39, 0.29) is 11.9 Å². The number of nitrogens with one attached hydrogen (secondary N) is 1. The van der Waals surface area contributed by atoms with Crippen molar-refractivity contribution in [1.29, 1.82) is 0 Å². The number of hydrogen-bond acceptors (Lipinski definition) is 3. The molecule has 2 aliphatic rings. The predicted octanol–water partition coefficient (Wildman–Crippen LogP) is 3.38. The highest BCUT2D eigenvalue weighted by Crippen LogP contribution is 2.30. The lowest BCUT2D eigenvalue weighted by atomic mass is 9.90. The van der Waals surface area contributed by atoms with Crippen molar-refractivity contribution in [3.8, 4) is 0 Å². The topological polar surface area (TPSA) is 56.2 Å². The van der Waals surface area contributed by atoms with Crippen LogP contribution in [0.25, 0.3) is 0 Å². The van der Waals surface area contributed by atoms with Gasteiger partial charge in [0, 0.05) is 38.2 Å². The van der Waals surface area contributed by atoms with Crippen LogP contribution in [0.4, 0.5) is 0 Å². The van der Waals surface area contributed by atoms with Crippen LogP contribution < -0.4 is 5.32 Å². The van der Waals surface area contributed by atoms with Gasteiger partial charge in [0.05, 0.1) is 6.04 Å². The summed E-state index contributed by atoms with van der Waals surface area (Å²) in [6.45, 7) is 4.51. The Hall–Kier alpha value is -1.62. The van der Waals surface area contributed by atoms with Gasteiger partial charge < -0.3 is 14.6 Å². The Kier molecular flexibility index (Phi) is 6.07. The standard InChI is InChI=1S/C19H29N3O2/c1-2-22-11-10-20-19(22)18(16-8-12-24-13-9-16)21-17(23)14-15-6-4-3-5-7-15/h10-11,14,16,18H,2-9,12-13H2,1H3,(H,21,23). The maximum Gasteiger partial charge on any atom is 0.244 e. The Morgan fingerprint density at radius 3 is 2.83 bits per heavy atom. The predicted molar refractivity (Wildman–Crippen MR) is 93.5 cm³/mol. The van der Waals surface area contributed by atoms with Crippen molar-refractivity contribution in [2.75, 3.05) is 13.2 Å². The summed E-state index contributed by atoms with van der Waals surface area (Å²) in [6.07, 6.45) is 13.5. The number of aryl methyl sites for hydroxylation is 1. The van der Waals surface area contributed by atoms with E-state index in [1.807, 2.05) is 18.5 Å². The fourth-order valence-electron chi connectivity index (χ4n) is 3.84. The van der Waals surface area contributed by atoms with Gasteiger partial charge in [0.2, 0.25) is 5.91 Å². The molecule has 2 fully saturated rings. The van der Waals surface area contributed by atoms with Crippen molar-refractivity contribution in [3.63, 3.8) is 0 Å². The molecule has 3 rings (SSSR count). The number of aromatic nitrogens is 2. The van der Waals surface area contributed by atoms with Crippen molar-refractivity contribution >= 4 is 5.91 Å². The highest BCUT2D eigenvalue weighted by molar-refractivity contribution is 5.88. The lowest BCUT2D eigenvalue weighted by molar-refractivity contribution is -0.118. The quantitative estimate of drug-likeness (QED) is 0.842. The maximum absolute atomic E-state index is 12.6. The highest BCUT2D eigenvalue weighted by atomic mass is 16.5. The minimum absolute atomic E-state index is 0.0307. The number of imidazole rings is 1. The highest BCUT2D eigenvalue weighted by Gasteiger charge is 2.29. The van der Waals surface area contributed by atoms with Crippen LogP contribution in [0.2, 0.25) is 0 Å². The number of hydrogen-bond donors (Lipinski definition) is 1. The SMILES string of the molecule is CCn1ccnc1C(NC(=O)C=C1CCCCC1)C1CCOCC1. The molecule has 0 aromatic carbocycles. The van der Waals surface area contributed by atoms with Crippen molar-refractivity contribution in [2.24, 2.45) is 5.92 Å². The molecule has 1 aliphatic carbocycles. The first-order chi connectivity index (χ1) is 11.8. The number of ether oxygens (including phenoxy) is 1. The van der Waals surface area contributed by atoms with Crippen LogP contribution in [-0.4, -0.2) is 28.7 Å². The second-order valence-electron chi connectivity index (χ2n) is 6.87. The van der Waals surface area contributed by atoms with Crippen LogP contribution in [0.15, 0.2) is 24.0 Å². The summed E-state index contributed by atoms with van der Waals surface area (Å²) in [5.74, 6) is 1.40. The van der Waals surface area contributed by atoms with Crippen molar-refractivity contribution in [3.05, 3.63) is 29.9 Å². The zero-order valence-corrected chi connectivity index (χ0v) is 14.7. The monoisotopic (exact) mass is 331 g/mol. The summed E-state index contributed by atoms with van der Waals surface area (Å²) >= 11 is 0. The lowest BCUT2D eigenvalue weighted by Gasteiger charge is -2.30. The van der Waals surface area contributed by atoms with Gasteiger partial charge in [-0.3, -0.25) is 4.79 Å². The number of amides is 1. The van der Waals surface area contributed by atoms with Gasteiger partial charge >= 0.3 is 0 Å². The van der Waals surface area contributed by atoms with Crippen molar-refractivity contribution < 1.29 is 9.53 Å². The number of nitrogens with zero attached hydrogens (tertiary/aromatic N) is 2. The van der Waals surface area contributed by atoms with Crippen LogP contribution >= 0.6 is 0 Å². The van der Waals surface area contributed by atoms with E-state index in [1.54, 1.807) is 0 Å². The average molecular weight is 331 g/mol. The Labute approximate surface area is 144 Å². The summed E-state index contributed by atoms with van der Waals surface area (Å²) in [5, 5.41) is 3.26. The van der Waals surface area contributed by atoms with E-state index in [2.05, 4.69) is 21.8 Å². The zero-order valence-electron chi connectivity index (χ0n) is 14.7. The third-order valence-corrected chi connectivity index (χ3v) is 5.23. The van der Waals surface area contributed by atoms with E-state index in [0.29, 0.717) is 5.92 Å². The van der Waals surface area contributed by atoms with Gasteiger partial charge in [-0.2, -0.15) is 0 Å². The smallest absolute Gasteiger partial charge is 0.244 e. The molecular formula is C19H29N3O2. The summed E-state index contributed by atoms with van der Waals surface area (Å²) in [6, 6.07) is -0.0307. The third kappa shape index (κ3) is 4.26. The van der Waals surface area contributed by atoms with E-state index in [9.17, 15) is 4.79 Å². The molecule has 0 bridgehead atoms. The van der Waals surface area contributed by atoms with Gasteiger partial charge in [-0.25, -0.2) is 4.98 Å². The molecule has 1 aliphatic heterocycles. The van der Waals surface area contributed by atoms with Crippen LogP contribution in [0, 0.1) is 5.92 Å². The molecule has 1 N–H and O–H groups in total. The molecule has 2 heterocycles. The Morgan fingerprint density at radius 1 is 1.38 bits per heavy atom. The van der Waals surface area contributed by atoms with Crippen LogP contribution in [0.1, 0.15) is 63.7 Å². The van der Waals surface area contributed by atoms with Crippen LogP contribution in [0.5, 0.6) is 0 Å². The van der Waals surface area contributed by atoms with Gasteiger partial charge in [-0.05, 0) is 51.4 Å². The minimum Gasteiger partial charge on any atom is -0.381 e. The number of rotatable bonds is 5. The summed E-state index contributed by atoms with van der Waals surface area (Å²) < 4.78 is 7.63. The first-order valence-corrected chi connectivity index (χ1v) is 9.36. The van der Waals surface area contributed by atoms with Gasteiger partial charge in [0.15, 0.2) is 0 Å². The molecule has 5 heteroatoms. The Morgan fingerprint density at radius 2 is 2.12 bits per heavy atom. The fraction of sp³-hybridized carbons (Fsp3) is 0.684. The molecule has 0 radical (unpaired) electrons. The average Bonchev–Trinajstić information content (AvgIpc) is 3.10. The van der Waals surface area contributed by atoms with Gasteiger partial charge in [-0.15, -0.1) is 0 Å².